The zero-order valence-corrected chi connectivity index (χ0v) is 8.51. The van der Waals surface area contributed by atoms with Crippen LogP contribution in [0.25, 0.3) is 0 Å². The Balaban J connectivity index is 3.26. The van der Waals surface area contributed by atoms with Crippen LogP contribution in [0.2, 0.25) is 0 Å². The van der Waals surface area contributed by atoms with Gasteiger partial charge in [0.25, 0.3) is 0 Å². The molecule has 80 valence electrons. The summed E-state index contributed by atoms with van der Waals surface area (Å²) in [7, 11) is 1.83. The van der Waals surface area contributed by atoms with Crippen molar-refractivity contribution in [3.05, 3.63) is 23.8 Å². The van der Waals surface area contributed by atoms with E-state index in [-0.39, 0.29) is 11.0 Å². The molecule has 0 saturated heterocycles. The fourth-order valence-corrected chi connectivity index (χ4v) is 1.17. The third-order valence-corrected chi connectivity index (χ3v) is 2.00. The lowest BCUT2D eigenvalue weighted by Gasteiger charge is -2.14. The van der Waals surface area contributed by atoms with E-state index in [4.69, 9.17) is 15.2 Å². The van der Waals surface area contributed by atoms with Gasteiger partial charge in [-0.2, -0.15) is 0 Å². The predicted molar refractivity (Wildman–Crippen MR) is 57.6 cm³/mol. The molecule has 0 bridgehead atoms. The highest BCUT2D eigenvalue weighted by Gasteiger charge is 2.16. The van der Waals surface area contributed by atoms with E-state index in [0.717, 1.165) is 0 Å². The summed E-state index contributed by atoms with van der Waals surface area (Å²) in [5, 5.41) is 26.8. The lowest BCUT2D eigenvalue weighted by Crippen LogP contribution is -2.31. The van der Waals surface area contributed by atoms with Crippen LogP contribution >= 0.6 is 0 Å². The van der Waals surface area contributed by atoms with Crippen LogP contribution in [0.1, 0.15) is 10.4 Å². The summed E-state index contributed by atoms with van der Waals surface area (Å²) in [6.07, 6.45) is 0. The Labute approximate surface area is 87.7 Å². The maximum atomic E-state index is 10.8. The SMILES string of the molecule is CN(C)c1cc(B(O)O)cc(C(=O)O)c1. The molecule has 0 unspecified atom stereocenters. The Morgan fingerprint density at radius 1 is 1.27 bits per heavy atom. The molecule has 0 aliphatic rings. The van der Waals surface area contributed by atoms with Crippen LogP contribution in [0.3, 0.4) is 0 Å². The molecule has 1 rings (SSSR count). The van der Waals surface area contributed by atoms with Gasteiger partial charge in [-0.25, -0.2) is 4.79 Å². The number of rotatable bonds is 3. The first-order valence-corrected chi connectivity index (χ1v) is 4.33. The van der Waals surface area contributed by atoms with Crippen molar-refractivity contribution in [1.29, 1.82) is 0 Å². The molecule has 15 heavy (non-hydrogen) atoms. The van der Waals surface area contributed by atoms with Gasteiger partial charge in [0.1, 0.15) is 0 Å². The number of anilines is 1. The summed E-state index contributed by atoms with van der Waals surface area (Å²) in [5.74, 6) is -1.10. The first-order chi connectivity index (χ1) is 6.91. The summed E-state index contributed by atoms with van der Waals surface area (Å²) in [5.41, 5.74) is 0.806. The van der Waals surface area contributed by atoms with Gasteiger partial charge in [0.05, 0.1) is 5.56 Å². The van der Waals surface area contributed by atoms with Crippen molar-refractivity contribution in [3.63, 3.8) is 0 Å². The van der Waals surface area contributed by atoms with Crippen LogP contribution in [-0.4, -0.2) is 42.3 Å². The topological polar surface area (TPSA) is 81.0 Å². The van der Waals surface area contributed by atoms with E-state index in [2.05, 4.69) is 0 Å². The maximum absolute atomic E-state index is 10.8. The Bertz CT molecular complexity index is 352. The van der Waals surface area contributed by atoms with Crippen molar-refractivity contribution in [1.82, 2.24) is 0 Å². The van der Waals surface area contributed by atoms with Gasteiger partial charge in [-0.1, -0.05) is 0 Å². The molecular weight excluding hydrogens is 197 g/mol. The number of carboxylic acids is 1. The van der Waals surface area contributed by atoms with Gasteiger partial charge in [0.2, 0.25) is 0 Å². The maximum Gasteiger partial charge on any atom is 0.488 e. The smallest absolute Gasteiger partial charge is 0.478 e. The summed E-state index contributed by atoms with van der Waals surface area (Å²) >= 11 is 0. The van der Waals surface area contributed by atoms with Crippen LogP contribution in [0.15, 0.2) is 18.2 Å². The molecule has 0 spiro atoms. The molecule has 0 fully saturated rings. The van der Waals surface area contributed by atoms with Crippen LogP contribution in [-0.2, 0) is 0 Å². The molecule has 6 heteroatoms. The van der Waals surface area contributed by atoms with Gasteiger partial charge >= 0.3 is 13.1 Å². The van der Waals surface area contributed by atoms with Gasteiger partial charge in [-0.05, 0) is 23.7 Å². The largest absolute Gasteiger partial charge is 0.488 e. The van der Waals surface area contributed by atoms with Crippen molar-refractivity contribution < 1.29 is 19.9 Å². The second-order valence-electron chi connectivity index (χ2n) is 3.39. The van der Waals surface area contributed by atoms with E-state index in [0.29, 0.717) is 5.69 Å². The zero-order valence-electron chi connectivity index (χ0n) is 8.51. The molecule has 1 aromatic rings. The molecule has 0 aliphatic heterocycles. The Hall–Kier alpha value is -1.53. The second-order valence-corrected chi connectivity index (χ2v) is 3.39. The summed E-state index contributed by atoms with van der Waals surface area (Å²) < 4.78 is 0. The van der Waals surface area contributed by atoms with Gasteiger partial charge < -0.3 is 20.1 Å². The van der Waals surface area contributed by atoms with E-state index >= 15 is 0 Å². The molecule has 0 aliphatic carbocycles. The number of nitrogens with zero attached hydrogens (tertiary/aromatic N) is 1. The third kappa shape index (κ3) is 2.71. The lowest BCUT2D eigenvalue weighted by atomic mass is 9.79. The van der Waals surface area contributed by atoms with Crippen molar-refractivity contribution in [2.75, 3.05) is 19.0 Å². The molecule has 0 saturated carbocycles. The minimum atomic E-state index is -1.66. The Morgan fingerprint density at radius 3 is 2.27 bits per heavy atom. The van der Waals surface area contributed by atoms with E-state index < -0.39 is 13.1 Å². The molecule has 1 aromatic carbocycles. The first kappa shape index (κ1) is 11.5. The van der Waals surface area contributed by atoms with Crippen LogP contribution in [0, 0.1) is 0 Å². The first-order valence-electron chi connectivity index (χ1n) is 4.33. The average molecular weight is 209 g/mol. The number of carbonyl (C=O) groups is 1. The standard InChI is InChI=1S/C9H12BNO4/c1-11(2)8-4-6(9(12)13)3-7(5-8)10(14)15/h3-5,14-15H,1-2H3,(H,12,13). The van der Waals surface area contributed by atoms with Crippen LogP contribution in [0.5, 0.6) is 0 Å². The molecule has 0 atom stereocenters. The number of hydrogen-bond donors (Lipinski definition) is 3. The highest BCUT2D eigenvalue weighted by molar-refractivity contribution is 6.58. The van der Waals surface area contributed by atoms with Gasteiger partial charge in [0.15, 0.2) is 0 Å². The normalized spacial score (nSPS) is 9.87. The van der Waals surface area contributed by atoms with E-state index in [9.17, 15) is 4.79 Å². The monoisotopic (exact) mass is 209 g/mol. The van der Waals surface area contributed by atoms with Gasteiger partial charge in [-0.15, -0.1) is 0 Å². The minimum absolute atomic E-state index is 0.0318. The van der Waals surface area contributed by atoms with Gasteiger partial charge in [-0.3, -0.25) is 0 Å². The Kier molecular flexibility index (Phi) is 3.33. The Morgan fingerprint density at radius 2 is 1.87 bits per heavy atom. The summed E-state index contributed by atoms with van der Waals surface area (Å²) in [4.78, 5) is 12.5. The molecule has 5 nitrogen and oxygen atoms in total. The number of hydrogen-bond acceptors (Lipinski definition) is 4. The van der Waals surface area contributed by atoms with Crippen LogP contribution in [0.4, 0.5) is 5.69 Å². The quantitative estimate of drug-likeness (QED) is 0.564. The number of benzene rings is 1. The van der Waals surface area contributed by atoms with E-state index in [1.165, 1.54) is 18.2 Å². The minimum Gasteiger partial charge on any atom is -0.478 e. The van der Waals surface area contributed by atoms with Crippen molar-refractivity contribution in [2.24, 2.45) is 0 Å². The molecule has 0 aromatic heterocycles. The lowest BCUT2D eigenvalue weighted by molar-refractivity contribution is 0.0697. The molecular formula is C9H12BNO4. The summed E-state index contributed by atoms with van der Waals surface area (Å²) in [6, 6.07) is 4.23. The predicted octanol–water partition coefficient (Wildman–Crippen LogP) is -0.869. The number of aromatic carboxylic acids is 1. The highest BCUT2D eigenvalue weighted by Crippen LogP contribution is 2.12. The molecule has 0 radical (unpaired) electrons. The van der Waals surface area contributed by atoms with Crippen molar-refractivity contribution in [3.8, 4) is 0 Å². The van der Waals surface area contributed by atoms with E-state index in [1.54, 1.807) is 19.0 Å². The van der Waals surface area contributed by atoms with E-state index in [1.807, 2.05) is 0 Å². The molecule has 0 amide bonds. The van der Waals surface area contributed by atoms with Gasteiger partial charge in [0, 0.05) is 19.8 Å². The van der Waals surface area contributed by atoms with Crippen molar-refractivity contribution in [2.45, 2.75) is 0 Å². The molecule has 3 N–H and O–H groups in total. The van der Waals surface area contributed by atoms with Crippen LogP contribution < -0.4 is 10.4 Å². The molecule has 0 heterocycles. The van der Waals surface area contributed by atoms with Crippen molar-refractivity contribution >= 4 is 24.2 Å². The highest BCUT2D eigenvalue weighted by atomic mass is 16.4. The number of carboxylic acid groups (broad SMARTS) is 1. The summed E-state index contributed by atoms with van der Waals surface area (Å²) in [6.45, 7) is 0. The average Bonchev–Trinajstić information content (AvgIpc) is 2.16. The third-order valence-electron chi connectivity index (χ3n) is 2.00. The zero-order chi connectivity index (χ0) is 11.6. The second kappa shape index (κ2) is 4.33. The fraction of sp³-hybridized carbons (Fsp3) is 0.222. The fourth-order valence-electron chi connectivity index (χ4n) is 1.17.